The maximum atomic E-state index is 13.4. The van der Waals surface area contributed by atoms with Gasteiger partial charge in [-0.25, -0.2) is 9.38 Å². The first-order valence-corrected chi connectivity index (χ1v) is 10.9. The van der Waals surface area contributed by atoms with Crippen molar-refractivity contribution in [2.45, 2.75) is 66.0 Å². The summed E-state index contributed by atoms with van der Waals surface area (Å²) in [5, 5.41) is 3.44. The van der Waals surface area contributed by atoms with Crippen LogP contribution in [0.25, 0.3) is 0 Å². The van der Waals surface area contributed by atoms with Gasteiger partial charge in [-0.1, -0.05) is 18.2 Å². The van der Waals surface area contributed by atoms with Gasteiger partial charge in [-0.3, -0.25) is 0 Å². The SMILES string of the molecule is Cc1cccc(C)c1/C(=N/C(=NC(C)C)N1CCCCC1C)Nc1ccc(F)cc1. The van der Waals surface area contributed by atoms with Gasteiger partial charge in [-0.15, -0.1) is 0 Å². The number of hydrogen-bond acceptors (Lipinski definition) is 1. The van der Waals surface area contributed by atoms with Gasteiger partial charge < -0.3 is 10.2 Å². The quantitative estimate of drug-likeness (QED) is 0.504. The van der Waals surface area contributed by atoms with Crippen molar-refractivity contribution in [1.29, 1.82) is 0 Å². The molecular formula is C25H33FN4. The molecule has 160 valence electrons. The van der Waals surface area contributed by atoms with Gasteiger partial charge >= 0.3 is 0 Å². The van der Waals surface area contributed by atoms with Gasteiger partial charge in [-0.05, 0) is 89.3 Å². The maximum Gasteiger partial charge on any atom is 0.223 e. The Morgan fingerprint density at radius 1 is 1.07 bits per heavy atom. The van der Waals surface area contributed by atoms with Crippen molar-refractivity contribution >= 4 is 17.5 Å². The second-order valence-electron chi connectivity index (χ2n) is 8.42. The lowest BCUT2D eigenvalue weighted by Gasteiger charge is -2.34. The minimum atomic E-state index is -0.254. The Hall–Kier alpha value is -2.69. The van der Waals surface area contributed by atoms with Gasteiger partial charge in [-0.2, -0.15) is 4.99 Å². The highest BCUT2D eigenvalue weighted by atomic mass is 19.1. The molecule has 1 aliphatic rings. The lowest BCUT2D eigenvalue weighted by molar-refractivity contribution is 0.255. The number of likely N-dealkylation sites (tertiary alicyclic amines) is 1. The van der Waals surface area contributed by atoms with E-state index in [0.717, 1.165) is 53.6 Å². The van der Waals surface area contributed by atoms with Crippen LogP contribution in [0.1, 0.15) is 56.7 Å². The Morgan fingerprint density at radius 2 is 1.73 bits per heavy atom. The molecule has 1 aliphatic heterocycles. The molecule has 2 aromatic carbocycles. The molecule has 1 fully saturated rings. The maximum absolute atomic E-state index is 13.4. The van der Waals surface area contributed by atoms with Crippen LogP contribution in [0.15, 0.2) is 52.4 Å². The van der Waals surface area contributed by atoms with E-state index in [2.05, 4.69) is 63.0 Å². The summed E-state index contributed by atoms with van der Waals surface area (Å²) in [4.78, 5) is 12.3. The largest absolute Gasteiger partial charge is 0.340 e. The number of anilines is 1. The first kappa shape index (κ1) is 22.0. The fourth-order valence-electron chi connectivity index (χ4n) is 3.90. The molecular weight excluding hydrogens is 375 g/mol. The second-order valence-corrected chi connectivity index (χ2v) is 8.42. The van der Waals surface area contributed by atoms with Crippen molar-refractivity contribution in [2.75, 3.05) is 11.9 Å². The molecule has 0 bridgehead atoms. The number of guanidine groups is 1. The van der Waals surface area contributed by atoms with Crippen molar-refractivity contribution in [3.8, 4) is 0 Å². The molecule has 0 radical (unpaired) electrons. The van der Waals surface area contributed by atoms with Crippen LogP contribution in [-0.4, -0.2) is 35.3 Å². The van der Waals surface area contributed by atoms with Crippen LogP contribution in [0, 0.1) is 19.7 Å². The normalized spacial score (nSPS) is 18.1. The Balaban J connectivity index is 2.10. The summed E-state index contributed by atoms with van der Waals surface area (Å²) in [5.41, 5.74) is 4.13. The zero-order chi connectivity index (χ0) is 21.7. The van der Waals surface area contributed by atoms with Crippen LogP contribution in [0.4, 0.5) is 10.1 Å². The molecule has 3 rings (SSSR count). The van der Waals surface area contributed by atoms with E-state index in [0.29, 0.717) is 6.04 Å². The van der Waals surface area contributed by atoms with E-state index in [1.54, 1.807) is 12.1 Å². The molecule has 4 nitrogen and oxygen atoms in total. The molecule has 5 heteroatoms. The van der Waals surface area contributed by atoms with E-state index in [4.69, 9.17) is 9.98 Å². The fourth-order valence-corrected chi connectivity index (χ4v) is 3.90. The van der Waals surface area contributed by atoms with Crippen LogP contribution in [0.3, 0.4) is 0 Å². The van der Waals surface area contributed by atoms with E-state index >= 15 is 0 Å². The van der Waals surface area contributed by atoms with Crippen LogP contribution < -0.4 is 5.32 Å². The number of piperidine rings is 1. The summed E-state index contributed by atoms with van der Waals surface area (Å²) in [6, 6.07) is 13.2. The van der Waals surface area contributed by atoms with Crippen LogP contribution >= 0.6 is 0 Å². The Kier molecular flexibility index (Phi) is 7.24. The number of nitrogens with zero attached hydrogens (tertiary/aromatic N) is 3. The number of rotatable bonds is 3. The van der Waals surface area contributed by atoms with E-state index in [1.165, 1.54) is 18.6 Å². The van der Waals surface area contributed by atoms with Crippen LogP contribution in [-0.2, 0) is 0 Å². The van der Waals surface area contributed by atoms with Gasteiger partial charge in [0.1, 0.15) is 11.7 Å². The third-order valence-electron chi connectivity index (χ3n) is 5.47. The summed E-state index contributed by atoms with van der Waals surface area (Å²) in [6.07, 6.45) is 3.55. The highest BCUT2D eigenvalue weighted by Gasteiger charge is 2.23. The highest BCUT2D eigenvalue weighted by molar-refractivity contribution is 6.14. The molecule has 1 unspecified atom stereocenters. The van der Waals surface area contributed by atoms with E-state index < -0.39 is 0 Å². The zero-order valence-corrected chi connectivity index (χ0v) is 18.7. The smallest absolute Gasteiger partial charge is 0.223 e. The molecule has 0 spiro atoms. The number of nitrogens with one attached hydrogen (secondary N) is 1. The molecule has 0 aliphatic carbocycles. The average Bonchev–Trinajstić information content (AvgIpc) is 2.69. The van der Waals surface area contributed by atoms with Crippen molar-refractivity contribution in [2.24, 2.45) is 9.98 Å². The predicted molar refractivity (Wildman–Crippen MR) is 125 cm³/mol. The summed E-state index contributed by atoms with van der Waals surface area (Å²) >= 11 is 0. The number of aliphatic imine (C=N–C) groups is 2. The molecule has 1 saturated heterocycles. The van der Waals surface area contributed by atoms with Crippen molar-refractivity contribution in [1.82, 2.24) is 4.90 Å². The minimum absolute atomic E-state index is 0.142. The van der Waals surface area contributed by atoms with Gasteiger partial charge in [0, 0.05) is 29.9 Å². The first-order chi connectivity index (χ1) is 14.3. The standard InChI is InChI=1S/C25H33FN4/c1-17(2)27-25(30-16-7-6-11-20(30)5)29-24(23-18(3)9-8-10-19(23)4)28-22-14-12-21(26)13-15-22/h8-10,12-15,17,20H,6-7,11,16H2,1-5H3,(H,27,28,29). The number of aryl methyl sites for hydroxylation is 2. The highest BCUT2D eigenvalue weighted by Crippen LogP contribution is 2.21. The van der Waals surface area contributed by atoms with Crippen molar-refractivity contribution in [3.05, 3.63) is 65.0 Å². The summed E-state index contributed by atoms with van der Waals surface area (Å²) in [7, 11) is 0. The number of halogens is 1. The van der Waals surface area contributed by atoms with Gasteiger partial charge in [0.05, 0.1) is 0 Å². The third kappa shape index (κ3) is 5.47. The van der Waals surface area contributed by atoms with E-state index in [9.17, 15) is 4.39 Å². The Labute approximate surface area is 179 Å². The molecule has 1 atom stereocenters. The van der Waals surface area contributed by atoms with E-state index in [1.807, 2.05) is 0 Å². The average molecular weight is 409 g/mol. The predicted octanol–water partition coefficient (Wildman–Crippen LogP) is 5.94. The molecule has 2 aromatic rings. The van der Waals surface area contributed by atoms with Crippen molar-refractivity contribution < 1.29 is 4.39 Å². The minimum Gasteiger partial charge on any atom is -0.340 e. The number of benzene rings is 2. The topological polar surface area (TPSA) is 40.0 Å². The summed E-state index contributed by atoms with van der Waals surface area (Å²) in [6.45, 7) is 11.6. The molecule has 0 saturated carbocycles. The molecule has 0 amide bonds. The van der Waals surface area contributed by atoms with Crippen LogP contribution in [0.2, 0.25) is 0 Å². The van der Waals surface area contributed by atoms with Gasteiger partial charge in [0.25, 0.3) is 0 Å². The van der Waals surface area contributed by atoms with Crippen molar-refractivity contribution in [3.63, 3.8) is 0 Å². The number of amidine groups is 1. The second kappa shape index (κ2) is 9.88. The van der Waals surface area contributed by atoms with Crippen LogP contribution in [0.5, 0.6) is 0 Å². The third-order valence-corrected chi connectivity index (χ3v) is 5.47. The summed E-state index contributed by atoms with van der Waals surface area (Å²) in [5.74, 6) is 1.26. The fraction of sp³-hybridized carbons (Fsp3) is 0.440. The molecule has 1 N–H and O–H groups in total. The molecule has 1 heterocycles. The molecule has 30 heavy (non-hydrogen) atoms. The zero-order valence-electron chi connectivity index (χ0n) is 18.7. The summed E-state index contributed by atoms with van der Waals surface area (Å²) < 4.78 is 13.4. The van der Waals surface area contributed by atoms with Gasteiger partial charge in [0.2, 0.25) is 5.96 Å². The first-order valence-electron chi connectivity index (χ1n) is 10.9. The molecule has 0 aromatic heterocycles. The number of hydrogen-bond donors (Lipinski definition) is 1. The Bertz CT molecular complexity index is 895. The lowest BCUT2D eigenvalue weighted by atomic mass is 10.0. The Morgan fingerprint density at radius 3 is 2.33 bits per heavy atom. The van der Waals surface area contributed by atoms with Gasteiger partial charge in [0.15, 0.2) is 0 Å². The monoisotopic (exact) mass is 408 g/mol. The van der Waals surface area contributed by atoms with E-state index in [-0.39, 0.29) is 11.9 Å². The lowest BCUT2D eigenvalue weighted by Crippen LogP contribution is -2.42.